The largest absolute Gasteiger partial charge is 0.396 e. The third-order valence-corrected chi connectivity index (χ3v) is 3.79. The van der Waals surface area contributed by atoms with Gasteiger partial charge in [0.25, 0.3) is 0 Å². The Morgan fingerprint density at radius 1 is 1.12 bits per heavy atom. The molecule has 16 heavy (non-hydrogen) atoms. The molecule has 0 saturated heterocycles. The lowest BCUT2D eigenvalue weighted by Crippen LogP contribution is -2.22. The van der Waals surface area contributed by atoms with Gasteiger partial charge in [0.15, 0.2) is 0 Å². The van der Waals surface area contributed by atoms with Crippen LogP contribution in [0, 0.1) is 11.8 Å². The molecule has 2 atom stereocenters. The molecule has 2 nitrogen and oxygen atoms in total. The molecule has 2 N–H and O–H groups in total. The van der Waals surface area contributed by atoms with Crippen molar-refractivity contribution in [3.8, 4) is 0 Å². The summed E-state index contributed by atoms with van der Waals surface area (Å²) in [4.78, 5) is 0. The number of aliphatic hydroxyl groups is 1. The van der Waals surface area contributed by atoms with Gasteiger partial charge in [-0.3, -0.25) is 0 Å². The molecule has 1 aliphatic carbocycles. The van der Waals surface area contributed by atoms with E-state index in [9.17, 15) is 0 Å². The molecule has 0 bridgehead atoms. The Morgan fingerprint density at radius 3 is 2.75 bits per heavy atom. The summed E-state index contributed by atoms with van der Waals surface area (Å²) in [6.45, 7) is 5.06. The molecule has 96 valence electrons. The van der Waals surface area contributed by atoms with Gasteiger partial charge in [0.05, 0.1) is 0 Å². The monoisotopic (exact) mass is 227 g/mol. The van der Waals surface area contributed by atoms with Crippen molar-refractivity contribution in [1.82, 2.24) is 5.32 Å². The fourth-order valence-corrected chi connectivity index (χ4v) is 2.79. The fourth-order valence-electron chi connectivity index (χ4n) is 2.79. The number of hydrogen-bond acceptors (Lipinski definition) is 2. The topological polar surface area (TPSA) is 32.3 Å². The van der Waals surface area contributed by atoms with Crippen LogP contribution < -0.4 is 5.32 Å². The lowest BCUT2D eigenvalue weighted by molar-refractivity contribution is 0.266. The smallest absolute Gasteiger partial charge is 0.0431 e. The van der Waals surface area contributed by atoms with E-state index in [2.05, 4.69) is 12.2 Å². The van der Waals surface area contributed by atoms with Gasteiger partial charge in [-0.2, -0.15) is 0 Å². The molecule has 0 radical (unpaired) electrons. The standard InChI is InChI=1S/C14H29NO/c1-13-6-5-7-14(12-13)8-10-15-9-3-2-4-11-16/h13-16H,2-12H2,1H3. The van der Waals surface area contributed by atoms with Crippen molar-refractivity contribution in [2.75, 3.05) is 19.7 Å². The molecule has 0 amide bonds. The number of hydrogen-bond donors (Lipinski definition) is 2. The minimum atomic E-state index is 0.347. The molecule has 1 fully saturated rings. The maximum Gasteiger partial charge on any atom is 0.0431 e. The Hall–Kier alpha value is -0.0800. The van der Waals surface area contributed by atoms with Gasteiger partial charge in [-0.1, -0.05) is 26.2 Å². The van der Waals surface area contributed by atoms with Crippen molar-refractivity contribution in [2.45, 2.75) is 58.3 Å². The van der Waals surface area contributed by atoms with Crippen molar-refractivity contribution in [3.05, 3.63) is 0 Å². The van der Waals surface area contributed by atoms with Crippen LogP contribution in [0.5, 0.6) is 0 Å². The predicted molar refractivity (Wildman–Crippen MR) is 69.5 cm³/mol. The molecule has 0 aromatic heterocycles. The molecule has 0 aliphatic heterocycles. The van der Waals surface area contributed by atoms with Crippen molar-refractivity contribution in [3.63, 3.8) is 0 Å². The molecule has 2 unspecified atom stereocenters. The van der Waals surface area contributed by atoms with Crippen LogP contribution in [0.3, 0.4) is 0 Å². The van der Waals surface area contributed by atoms with Crippen molar-refractivity contribution >= 4 is 0 Å². The summed E-state index contributed by atoms with van der Waals surface area (Å²) < 4.78 is 0. The highest BCUT2D eigenvalue weighted by Gasteiger charge is 2.17. The summed E-state index contributed by atoms with van der Waals surface area (Å²) in [5.41, 5.74) is 0. The van der Waals surface area contributed by atoms with Crippen LogP contribution in [-0.4, -0.2) is 24.8 Å². The van der Waals surface area contributed by atoms with Gasteiger partial charge in [-0.25, -0.2) is 0 Å². The van der Waals surface area contributed by atoms with Crippen molar-refractivity contribution in [2.24, 2.45) is 11.8 Å². The Balaban J connectivity index is 1.86. The van der Waals surface area contributed by atoms with E-state index in [0.29, 0.717) is 6.61 Å². The molecule has 1 rings (SSSR count). The van der Waals surface area contributed by atoms with Crippen LogP contribution >= 0.6 is 0 Å². The Labute approximate surface area is 101 Å². The second-order valence-corrected chi connectivity index (χ2v) is 5.46. The first-order valence-corrected chi connectivity index (χ1v) is 7.14. The molecule has 0 heterocycles. The van der Waals surface area contributed by atoms with Crippen LogP contribution in [0.15, 0.2) is 0 Å². The Bertz CT molecular complexity index is 161. The summed E-state index contributed by atoms with van der Waals surface area (Å²) in [5, 5.41) is 12.2. The normalized spacial score (nSPS) is 25.9. The quantitative estimate of drug-likeness (QED) is 0.625. The van der Waals surface area contributed by atoms with E-state index in [1.54, 1.807) is 0 Å². The van der Waals surface area contributed by atoms with Crippen LogP contribution in [0.2, 0.25) is 0 Å². The van der Waals surface area contributed by atoms with E-state index in [1.807, 2.05) is 0 Å². The third kappa shape index (κ3) is 6.49. The minimum absolute atomic E-state index is 0.347. The van der Waals surface area contributed by atoms with E-state index in [4.69, 9.17) is 5.11 Å². The fraction of sp³-hybridized carbons (Fsp3) is 1.00. The average molecular weight is 227 g/mol. The van der Waals surface area contributed by atoms with Gasteiger partial charge < -0.3 is 10.4 Å². The average Bonchev–Trinajstić information content (AvgIpc) is 2.28. The maximum absolute atomic E-state index is 8.64. The van der Waals surface area contributed by atoms with Gasteiger partial charge in [0.1, 0.15) is 0 Å². The summed E-state index contributed by atoms with van der Waals surface area (Å²) >= 11 is 0. The van der Waals surface area contributed by atoms with Crippen LogP contribution in [0.1, 0.15) is 58.3 Å². The number of nitrogens with one attached hydrogen (secondary N) is 1. The van der Waals surface area contributed by atoms with Gasteiger partial charge in [0.2, 0.25) is 0 Å². The SMILES string of the molecule is CC1CCCC(CCNCCCCCO)C1. The highest BCUT2D eigenvalue weighted by Crippen LogP contribution is 2.30. The predicted octanol–water partition coefficient (Wildman–Crippen LogP) is 2.96. The molecule has 0 aromatic rings. The highest BCUT2D eigenvalue weighted by atomic mass is 16.2. The first kappa shape index (κ1) is 14.0. The summed E-state index contributed by atoms with van der Waals surface area (Å²) in [6.07, 6.45) is 10.5. The minimum Gasteiger partial charge on any atom is -0.396 e. The molecule has 1 aliphatic rings. The number of aliphatic hydroxyl groups excluding tert-OH is 1. The zero-order chi connectivity index (χ0) is 11.6. The van der Waals surface area contributed by atoms with Gasteiger partial charge in [-0.05, 0) is 57.0 Å². The second-order valence-electron chi connectivity index (χ2n) is 5.46. The second kappa shape index (κ2) is 9.00. The lowest BCUT2D eigenvalue weighted by atomic mass is 9.81. The highest BCUT2D eigenvalue weighted by molar-refractivity contribution is 4.71. The Morgan fingerprint density at radius 2 is 2.00 bits per heavy atom. The van der Waals surface area contributed by atoms with E-state index in [-0.39, 0.29) is 0 Å². The van der Waals surface area contributed by atoms with Gasteiger partial charge in [0, 0.05) is 6.61 Å². The summed E-state index contributed by atoms with van der Waals surface area (Å²) in [7, 11) is 0. The van der Waals surface area contributed by atoms with Gasteiger partial charge in [-0.15, -0.1) is 0 Å². The zero-order valence-electron chi connectivity index (χ0n) is 10.9. The van der Waals surface area contributed by atoms with E-state index in [0.717, 1.165) is 31.2 Å². The molecular formula is C14H29NO. The molecular weight excluding hydrogens is 198 g/mol. The lowest BCUT2D eigenvalue weighted by Gasteiger charge is -2.26. The molecule has 0 spiro atoms. The van der Waals surface area contributed by atoms with Crippen LogP contribution in [-0.2, 0) is 0 Å². The number of rotatable bonds is 8. The van der Waals surface area contributed by atoms with E-state index < -0.39 is 0 Å². The third-order valence-electron chi connectivity index (χ3n) is 3.79. The summed E-state index contributed by atoms with van der Waals surface area (Å²) in [5.74, 6) is 1.94. The first-order valence-electron chi connectivity index (χ1n) is 7.14. The van der Waals surface area contributed by atoms with Gasteiger partial charge >= 0.3 is 0 Å². The maximum atomic E-state index is 8.64. The zero-order valence-corrected chi connectivity index (χ0v) is 10.9. The first-order chi connectivity index (χ1) is 7.83. The van der Waals surface area contributed by atoms with E-state index in [1.165, 1.54) is 45.1 Å². The molecule has 1 saturated carbocycles. The van der Waals surface area contributed by atoms with E-state index >= 15 is 0 Å². The summed E-state index contributed by atoms with van der Waals surface area (Å²) in [6, 6.07) is 0. The molecule has 0 aromatic carbocycles. The van der Waals surface area contributed by atoms with Crippen molar-refractivity contribution in [1.29, 1.82) is 0 Å². The Kier molecular flexibility index (Phi) is 7.87. The van der Waals surface area contributed by atoms with Crippen molar-refractivity contribution < 1.29 is 5.11 Å². The van der Waals surface area contributed by atoms with Crippen LogP contribution in [0.4, 0.5) is 0 Å². The number of unbranched alkanes of at least 4 members (excludes halogenated alkanes) is 2. The molecule has 2 heteroatoms. The van der Waals surface area contributed by atoms with Crippen LogP contribution in [0.25, 0.3) is 0 Å².